The Labute approximate surface area is 68.6 Å². The molecule has 0 aliphatic heterocycles. The van der Waals surface area contributed by atoms with E-state index in [0.29, 0.717) is 12.1 Å². The molecule has 1 rings (SSSR count). The van der Waals surface area contributed by atoms with Gasteiger partial charge in [-0.05, 0) is 6.54 Å². The second kappa shape index (κ2) is 3.36. The van der Waals surface area contributed by atoms with Gasteiger partial charge >= 0.3 is 5.69 Å². The van der Waals surface area contributed by atoms with E-state index in [1.165, 1.54) is 6.20 Å². The molecule has 0 saturated carbocycles. The molecule has 0 aliphatic carbocycles. The molecule has 1 atom stereocenters. The topological polar surface area (TPSA) is 91.7 Å². The highest BCUT2D eigenvalue weighted by molar-refractivity contribution is 5.09. The molecule has 1 unspecified atom stereocenters. The van der Waals surface area contributed by atoms with Gasteiger partial charge in [0.15, 0.2) is 0 Å². The van der Waals surface area contributed by atoms with Crippen LogP contribution in [0.1, 0.15) is 18.4 Å². The third-order valence-electron chi connectivity index (χ3n) is 1.73. The van der Waals surface area contributed by atoms with E-state index in [2.05, 4.69) is 9.97 Å². The van der Waals surface area contributed by atoms with Crippen molar-refractivity contribution in [2.24, 2.45) is 5.73 Å². The summed E-state index contributed by atoms with van der Waals surface area (Å²) in [5.41, 5.74) is 5.02. The Morgan fingerprint density at radius 2 is 2.25 bits per heavy atom. The number of hydrogen-bond donors (Lipinski definition) is 3. The van der Waals surface area contributed by atoms with Crippen molar-refractivity contribution in [3.8, 4) is 0 Å². The molecule has 0 amide bonds. The van der Waals surface area contributed by atoms with Crippen molar-refractivity contribution < 1.29 is 0 Å². The molecule has 0 fully saturated rings. The highest BCUT2D eigenvalue weighted by atomic mass is 16.2. The smallest absolute Gasteiger partial charge is 0.325 e. The minimum Gasteiger partial charge on any atom is -0.330 e. The van der Waals surface area contributed by atoms with E-state index in [1.807, 2.05) is 6.92 Å². The van der Waals surface area contributed by atoms with Gasteiger partial charge in [0, 0.05) is 17.7 Å². The van der Waals surface area contributed by atoms with Gasteiger partial charge in [-0.2, -0.15) is 0 Å². The third kappa shape index (κ3) is 1.62. The average Bonchev–Trinajstić information content (AvgIpc) is 2.03. The second-order valence-corrected chi connectivity index (χ2v) is 2.66. The minimum atomic E-state index is -0.493. The molecule has 12 heavy (non-hydrogen) atoms. The number of aromatic amines is 2. The van der Waals surface area contributed by atoms with Gasteiger partial charge in [-0.15, -0.1) is 0 Å². The highest BCUT2D eigenvalue weighted by Crippen LogP contribution is 2.04. The lowest BCUT2D eigenvalue weighted by molar-refractivity contribution is 0.748. The van der Waals surface area contributed by atoms with Crippen LogP contribution in [0.4, 0.5) is 0 Å². The van der Waals surface area contributed by atoms with Crippen LogP contribution in [0.5, 0.6) is 0 Å². The Bertz CT molecular complexity index is 365. The molecule has 0 saturated heterocycles. The summed E-state index contributed by atoms with van der Waals surface area (Å²) in [6.45, 7) is 2.21. The van der Waals surface area contributed by atoms with E-state index < -0.39 is 5.69 Å². The Morgan fingerprint density at radius 3 is 2.75 bits per heavy atom. The van der Waals surface area contributed by atoms with Crippen LogP contribution in [0.2, 0.25) is 0 Å². The van der Waals surface area contributed by atoms with E-state index in [-0.39, 0.29) is 11.5 Å². The molecule has 4 N–H and O–H groups in total. The van der Waals surface area contributed by atoms with Gasteiger partial charge in [0.05, 0.1) is 0 Å². The van der Waals surface area contributed by atoms with Crippen LogP contribution in [0, 0.1) is 0 Å². The van der Waals surface area contributed by atoms with Crippen molar-refractivity contribution in [3.05, 3.63) is 32.6 Å². The van der Waals surface area contributed by atoms with Gasteiger partial charge in [-0.1, -0.05) is 6.92 Å². The lowest BCUT2D eigenvalue weighted by Gasteiger charge is -2.05. The fraction of sp³-hybridized carbons (Fsp3) is 0.429. The summed E-state index contributed by atoms with van der Waals surface area (Å²) in [4.78, 5) is 26.2. The SMILES string of the molecule is CC(CN)c1c[nH]c(=O)[nH]c1=O. The zero-order chi connectivity index (χ0) is 9.14. The molecule has 1 aromatic rings. The van der Waals surface area contributed by atoms with Crippen molar-refractivity contribution in [3.63, 3.8) is 0 Å². The summed E-state index contributed by atoms with van der Waals surface area (Å²) in [6, 6.07) is 0. The second-order valence-electron chi connectivity index (χ2n) is 2.66. The quantitative estimate of drug-likeness (QED) is 0.537. The molecule has 0 bridgehead atoms. The van der Waals surface area contributed by atoms with Gasteiger partial charge < -0.3 is 10.7 Å². The van der Waals surface area contributed by atoms with Crippen LogP contribution in [0.3, 0.4) is 0 Å². The Hall–Kier alpha value is -1.36. The predicted octanol–water partition coefficient (Wildman–Crippen LogP) is -0.875. The number of rotatable bonds is 2. The average molecular weight is 169 g/mol. The first kappa shape index (κ1) is 8.73. The van der Waals surface area contributed by atoms with E-state index in [1.54, 1.807) is 0 Å². The number of H-pyrrole nitrogens is 2. The van der Waals surface area contributed by atoms with Crippen molar-refractivity contribution in [2.75, 3.05) is 6.54 Å². The zero-order valence-electron chi connectivity index (χ0n) is 6.76. The van der Waals surface area contributed by atoms with Crippen molar-refractivity contribution in [1.82, 2.24) is 9.97 Å². The molecule has 0 radical (unpaired) electrons. The molecule has 5 nitrogen and oxygen atoms in total. The maximum atomic E-state index is 11.1. The Morgan fingerprint density at radius 1 is 1.58 bits per heavy atom. The maximum absolute atomic E-state index is 11.1. The molecular formula is C7H11N3O2. The molecule has 66 valence electrons. The van der Waals surface area contributed by atoms with Crippen molar-refractivity contribution in [1.29, 1.82) is 0 Å². The fourth-order valence-electron chi connectivity index (χ4n) is 0.913. The number of nitrogens with two attached hydrogens (primary N) is 1. The van der Waals surface area contributed by atoms with E-state index in [9.17, 15) is 9.59 Å². The standard InChI is InChI=1S/C7H11N3O2/c1-4(2-8)5-3-9-7(12)10-6(5)11/h3-4H,2,8H2,1H3,(H2,9,10,11,12). The van der Waals surface area contributed by atoms with Crippen LogP contribution in [0.15, 0.2) is 15.8 Å². The predicted molar refractivity (Wildman–Crippen MR) is 45.2 cm³/mol. The maximum Gasteiger partial charge on any atom is 0.325 e. The molecule has 1 heterocycles. The van der Waals surface area contributed by atoms with Gasteiger partial charge in [0.1, 0.15) is 0 Å². The van der Waals surface area contributed by atoms with Gasteiger partial charge in [-0.25, -0.2) is 4.79 Å². The molecule has 1 aromatic heterocycles. The van der Waals surface area contributed by atoms with E-state index in [4.69, 9.17) is 5.73 Å². The summed E-state index contributed by atoms with van der Waals surface area (Å²) in [5.74, 6) is -0.0365. The number of nitrogens with one attached hydrogen (secondary N) is 2. The molecule has 0 aromatic carbocycles. The number of aromatic nitrogens is 2. The van der Waals surface area contributed by atoms with Crippen LogP contribution in [-0.4, -0.2) is 16.5 Å². The van der Waals surface area contributed by atoms with Crippen LogP contribution < -0.4 is 17.0 Å². The monoisotopic (exact) mass is 169 g/mol. The Kier molecular flexibility index (Phi) is 2.44. The molecule has 0 aliphatic rings. The zero-order valence-corrected chi connectivity index (χ0v) is 6.76. The normalized spacial score (nSPS) is 12.8. The van der Waals surface area contributed by atoms with Crippen molar-refractivity contribution in [2.45, 2.75) is 12.8 Å². The van der Waals surface area contributed by atoms with Crippen LogP contribution in [-0.2, 0) is 0 Å². The summed E-state index contributed by atoms with van der Waals surface area (Å²) in [5, 5.41) is 0. The molecular weight excluding hydrogens is 158 g/mol. The van der Waals surface area contributed by atoms with Crippen LogP contribution >= 0.6 is 0 Å². The Balaban J connectivity index is 3.19. The van der Waals surface area contributed by atoms with Gasteiger partial charge in [-0.3, -0.25) is 9.78 Å². The molecule has 0 spiro atoms. The fourth-order valence-corrected chi connectivity index (χ4v) is 0.913. The first-order chi connectivity index (χ1) is 5.65. The minimum absolute atomic E-state index is 0.0365. The summed E-state index contributed by atoms with van der Waals surface area (Å²) in [6.07, 6.45) is 1.40. The summed E-state index contributed by atoms with van der Waals surface area (Å²) < 4.78 is 0. The number of hydrogen-bond acceptors (Lipinski definition) is 3. The first-order valence-electron chi connectivity index (χ1n) is 3.67. The lowest BCUT2D eigenvalue weighted by Crippen LogP contribution is -2.27. The van der Waals surface area contributed by atoms with Gasteiger partial charge in [0.2, 0.25) is 0 Å². The van der Waals surface area contributed by atoms with Crippen LogP contribution in [0.25, 0.3) is 0 Å². The van der Waals surface area contributed by atoms with E-state index >= 15 is 0 Å². The third-order valence-corrected chi connectivity index (χ3v) is 1.73. The van der Waals surface area contributed by atoms with Crippen molar-refractivity contribution >= 4 is 0 Å². The largest absolute Gasteiger partial charge is 0.330 e. The first-order valence-corrected chi connectivity index (χ1v) is 3.67. The lowest BCUT2D eigenvalue weighted by atomic mass is 10.1. The van der Waals surface area contributed by atoms with Gasteiger partial charge in [0.25, 0.3) is 5.56 Å². The summed E-state index contributed by atoms with van der Waals surface area (Å²) in [7, 11) is 0. The highest BCUT2D eigenvalue weighted by Gasteiger charge is 2.07. The summed E-state index contributed by atoms with van der Waals surface area (Å²) >= 11 is 0. The van der Waals surface area contributed by atoms with E-state index in [0.717, 1.165) is 0 Å². The molecule has 5 heteroatoms.